The molecule has 0 spiro atoms. The minimum Gasteiger partial charge on any atom is -0.469 e. The van der Waals surface area contributed by atoms with E-state index in [1.54, 1.807) is 7.11 Å². The van der Waals surface area contributed by atoms with E-state index in [4.69, 9.17) is 9.47 Å². The van der Waals surface area contributed by atoms with Crippen LogP contribution in [-0.2, 0) is 19.0 Å². The molecule has 1 unspecified atom stereocenters. The summed E-state index contributed by atoms with van der Waals surface area (Å²) in [5.41, 5.74) is 0. The number of carbonyl (C=O) groups excluding carboxylic acids is 1. The average molecular weight is 231 g/mol. The van der Waals surface area contributed by atoms with Crippen molar-refractivity contribution in [2.75, 3.05) is 47.1 Å². The van der Waals surface area contributed by atoms with E-state index in [1.807, 2.05) is 0 Å². The molecule has 0 N–H and O–H groups in total. The number of esters is 1. The lowest BCUT2D eigenvalue weighted by Crippen LogP contribution is -2.39. The van der Waals surface area contributed by atoms with Crippen LogP contribution in [0.1, 0.15) is 12.8 Å². The van der Waals surface area contributed by atoms with Crippen molar-refractivity contribution in [3.8, 4) is 0 Å². The maximum Gasteiger partial charge on any atom is 0.306 e. The predicted octanol–water partition coefficient (Wildman–Crippen LogP) is 0.287. The van der Waals surface area contributed by atoms with E-state index in [0.29, 0.717) is 25.6 Å². The second-order valence-electron chi connectivity index (χ2n) is 3.87. The van der Waals surface area contributed by atoms with Crippen LogP contribution in [-0.4, -0.2) is 64.0 Å². The molecular weight excluding hydrogens is 210 g/mol. The molecule has 0 aliphatic carbocycles. The molecule has 0 aromatic rings. The van der Waals surface area contributed by atoms with Crippen LogP contribution in [0.2, 0.25) is 0 Å². The molecule has 0 aromatic heterocycles. The topological polar surface area (TPSA) is 48.0 Å². The molecule has 0 amide bonds. The van der Waals surface area contributed by atoms with Gasteiger partial charge < -0.3 is 14.2 Å². The Morgan fingerprint density at radius 1 is 1.44 bits per heavy atom. The monoisotopic (exact) mass is 231 g/mol. The molecule has 1 heterocycles. The molecule has 5 nitrogen and oxygen atoms in total. The normalized spacial score (nSPS) is 20.3. The molecule has 0 aromatic carbocycles. The second-order valence-corrected chi connectivity index (χ2v) is 3.87. The average Bonchev–Trinajstić information content (AvgIpc) is 2.82. The van der Waals surface area contributed by atoms with E-state index < -0.39 is 0 Å². The Morgan fingerprint density at radius 3 is 2.81 bits per heavy atom. The first-order valence-electron chi connectivity index (χ1n) is 5.65. The fourth-order valence-corrected chi connectivity index (χ4v) is 1.83. The van der Waals surface area contributed by atoms with Crippen molar-refractivity contribution < 1.29 is 19.0 Å². The van der Waals surface area contributed by atoms with E-state index in [2.05, 4.69) is 9.64 Å². The van der Waals surface area contributed by atoms with Crippen molar-refractivity contribution in [3.63, 3.8) is 0 Å². The van der Waals surface area contributed by atoms with E-state index >= 15 is 0 Å². The van der Waals surface area contributed by atoms with Crippen LogP contribution in [0.15, 0.2) is 0 Å². The first-order chi connectivity index (χ1) is 7.77. The summed E-state index contributed by atoms with van der Waals surface area (Å²) in [6.07, 6.45) is 1.46. The van der Waals surface area contributed by atoms with Gasteiger partial charge in [-0.25, -0.2) is 0 Å². The third-order valence-electron chi connectivity index (χ3n) is 2.84. The third-order valence-corrected chi connectivity index (χ3v) is 2.84. The van der Waals surface area contributed by atoms with E-state index in [9.17, 15) is 4.79 Å². The zero-order chi connectivity index (χ0) is 11.8. The highest BCUT2D eigenvalue weighted by atomic mass is 16.5. The lowest BCUT2D eigenvalue weighted by atomic mass is 10.2. The number of hydrogen-bond donors (Lipinski definition) is 0. The fourth-order valence-electron chi connectivity index (χ4n) is 1.83. The zero-order valence-corrected chi connectivity index (χ0v) is 10.1. The lowest BCUT2D eigenvalue weighted by Gasteiger charge is -2.26. The van der Waals surface area contributed by atoms with E-state index in [0.717, 1.165) is 26.2 Å². The minimum atomic E-state index is -0.165. The SMILES string of the molecule is COCCN(CCC(=O)OC)C1CCOC1. The van der Waals surface area contributed by atoms with Gasteiger partial charge >= 0.3 is 5.97 Å². The summed E-state index contributed by atoms with van der Waals surface area (Å²) >= 11 is 0. The van der Waals surface area contributed by atoms with Crippen LogP contribution < -0.4 is 0 Å². The highest BCUT2D eigenvalue weighted by Crippen LogP contribution is 2.12. The first kappa shape index (κ1) is 13.4. The Kier molecular flexibility index (Phi) is 6.37. The summed E-state index contributed by atoms with van der Waals surface area (Å²) in [6.45, 7) is 3.79. The fraction of sp³-hybridized carbons (Fsp3) is 0.909. The molecule has 16 heavy (non-hydrogen) atoms. The van der Waals surface area contributed by atoms with Gasteiger partial charge in [-0.15, -0.1) is 0 Å². The third kappa shape index (κ3) is 4.47. The molecule has 0 radical (unpaired) electrons. The van der Waals surface area contributed by atoms with Gasteiger partial charge in [0.15, 0.2) is 0 Å². The van der Waals surface area contributed by atoms with E-state index in [1.165, 1.54) is 7.11 Å². The van der Waals surface area contributed by atoms with Gasteiger partial charge in [0.25, 0.3) is 0 Å². The van der Waals surface area contributed by atoms with Gasteiger partial charge in [-0.1, -0.05) is 0 Å². The summed E-state index contributed by atoms with van der Waals surface area (Å²) in [5.74, 6) is -0.165. The van der Waals surface area contributed by atoms with Crippen LogP contribution in [0.3, 0.4) is 0 Å². The van der Waals surface area contributed by atoms with Gasteiger partial charge in [0, 0.05) is 32.8 Å². The number of nitrogens with zero attached hydrogens (tertiary/aromatic N) is 1. The number of rotatable bonds is 7. The van der Waals surface area contributed by atoms with Crippen LogP contribution in [0.4, 0.5) is 0 Å². The lowest BCUT2D eigenvalue weighted by molar-refractivity contribution is -0.141. The van der Waals surface area contributed by atoms with Crippen molar-refractivity contribution in [2.45, 2.75) is 18.9 Å². The highest BCUT2D eigenvalue weighted by molar-refractivity contribution is 5.69. The quantitative estimate of drug-likeness (QED) is 0.589. The van der Waals surface area contributed by atoms with Gasteiger partial charge in [0.05, 0.1) is 26.7 Å². The standard InChI is InChI=1S/C11H21NO4/c1-14-8-6-12(5-3-11(13)15-2)10-4-7-16-9-10/h10H,3-9H2,1-2H3. The number of carbonyl (C=O) groups is 1. The van der Waals surface area contributed by atoms with Gasteiger partial charge in [0.2, 0.25) is 0 Å². The Morgan fingerprint density at radius 2 is 2.25 bits per heavy atom. The minimum absolute atomic E-state index is 0.165. The summed E-state index contributed by atoms with van der Waals surface area (Å²) in [5, 5.41) is 0. The van der Waals surface area contributed by atoms with Gasteiger partial charge in [0.1, 0.15) is 0 Å². The van der Waals surface area contributed by atoms with Gasteiger partial charge in [-0.3, -0.25) is 9.69 Å². The van der Waals surface area contributed by atoms with Crippen LogP contribution in [0.25, 0.3) is 0 Å². The molecule has 0 bridgehead atoms. The van der Waals surface area contributed by atoms with Crippen LogP contribution in [0, 0.1) is 0 Å². The van der Waals surface area contributed by atoms with Gasteiger partial charge in [-0.05, 0) is 6.42 Å². The molecule has 1 aliphatic rings. The second kappa shape index (κ2) is 7.60. The molecule has 0 saturated carbocycles. The van der Waals surface area contributed by atoms with Crippen molar-refractivity contribution in [1.29, 1.82) is 0 Å². The summed E-state index contributed by atoms with van der Waals surface area (Å²) in [7, 11) is 3.10. The highest BCUT2D eigenvalue weighted by Gasteiger charge is 2.23. The van der Waals surface area contributed by atoms with E-state index in [-0.39, 0.29) is 5.97 Å². The molecule has 1 rings (SSSR count). The number of ether oxygens (including phenoxy) is 3. The molecular formula is C11H21NO4. The number of methoxy groups -OCH3 is 2. The Bertz CT molecular complexity index is 204. The first-order valence-corrected chi connectivity index (χ1v) is 5.65. The van der Waals surface area contributed by atoms with Crippen molar-refractivity contribution in [2.24, 2.45) is 0 Å². The molecule has 1 atom stereocenters. The van der Waals surface area contributed by atoms with Gasteiger partial charge in [-0.2, -0.15) is 0 Å². The Hall–Kier alpha value is -0.650. The van der Waals surface area contributed by atoms with Crippen molar-refractivity contribution in [3.05, 3.63) is 0 Å². The Balaban J connectivity index is 2.33. The van der Waals surface area contributed by atoms with Crippen LogP contribution in [0.5, 0.6) is 0 Å². The zero-order valence-electron chi connectivity index (χ0n) is 10.1. The Labute approximate surface area is 96.6 Å². The molecule has 1 aliphatic heterocycles. The number of hydrogen-bond acceptors (Lipinski definition) is 5. The van der Waals surface area contributed by atoms with Crippen molar-refractivity contribution >= 4 is 5.97 Å². The predicted molar refractivity (Wildman–Crippen MR) is 59.3 cm³/mol. The largest absolute Gasteiger partial charge is 0.469 e. The van der Waals surface area contributed by atoms with Crippen LogP contribution >= 0.6 is 0 Å². The van der Waals surface area contributed by atoms with Crippen molar-refractivity contribution in [1.82, 2.24) is 4.90 Å². The molecule has 1 fully saturated rings. The summed E-state index contributed by atoms with van der Waals surface area (Å²) in [6, 6.07) is 0.416. The maximum absolute atomic E-state index is 11.1. The molecule has 5 heteroatoms. The smallest absolute Gasteiger partial charge is 0.306 e. The molecule has 1 saturated heterocycles. The molecule has 94 valence electrons. The summed E-state index contributed by atoms with van der Waals surface area (Å²) < 4.78 is 15.1. The maximum atomic E-state index is 11.1. The summed E-state index contributed by atoms with van der Waals surface area (Å²) in [4.78, 5) is 13.3.